The molecule has 0 aromatic heterocycles. The van der Waals surface area contributed by atoms with E-state index in [4.69, 9.17) is 19.0 Å². The highest BCUT2D eigenvalue weighted by atomic mass is 16.6. The summed E-state index contributed by atoms with van der Waals surface area (Å²) >= 11 is 0. The van der Waals surface area contributed by atoms with Gasteiger partial charge in [-0.15, -0.1) is 0 Å². The van der Waals surface area contributed by atoms with E-state index in [0.29, 0.717) is 64.7 Å². The number of fused-ring (bicyclic) bond motifs is 1. The lowest BCUT2D eigenvalue weighted by Gasteiger charge is -2.29. The first kappa shape index (κ1) is 41.5. The lowest BCUT2D eigenvalue weighted by Crippen LogP contribution is -2.38. The van der Waals surface area contributed by atoms with Gasteiger partial charge >= 0.3 is 0 Å². The van der Waals surface area contributed by atoms with Gasteiger partial charge in [-0.2, -0.15) is 0 Å². The summed E-state index contributed by atoms with van der Waals surface area (Å²) in [5.41, 5.74) is 8.06. The van der Waals surface area contributed by atoms with Crippen LogP contribution in [0.4, 0.5) is 5.69 Å². The number of carbonyl (C=O) groups is 1. The zero-order valence-corrected chi connectivity index (χ0v) is 32.9. The summed E-state index contributed by atoms with van der Waals surface area (Å²) in [5.74, 6) is 1.84. The van der Waals surface area contributed by atoms with Gasteiger partial charge < -0.3 is 50.1 Å². The number of benzene rings is 4. The maximum Gasteiger partial charge on any atom is 0.255 e. The lowest BCUT2D eigenvalue weighted by molar-refractivity contribution is 0.0853. The molecule has 6 N–H and O–H groups in total. The Kier molecular flexibility index (Phi) is 14.8. The van der Waals surface area contributed by atoms with Crippen molar-refractivity contribution in [2.24, 2.45) is 5.16 Å². The Balaban J connectivity index is 0.861. The smallest absolute Gasteiger partial charge is 0.255 e. The van der Waals surface area contributed by atoms with Gasteiger partial charge in [-0.25, -0.2) is 0 Å². The molecule has 0 saturated carbocycles. The van der Waals surface area contributed by atoms with Crippen LogP contribution in [0.1, 0.15) is 125 Å². The molecule has 2 unspecified atom stereocenters. The molecule has 2 aliphatic heterocycles. The van der Waals surface area contributed by atoms with Crippen LogP contribution < -0.4 is 24.8 Å². The number of anilines is 1. The summed E-state index contributed by atoms with van der Waals surface area (Å²) in [6, 6.07) is 20.8. The van der Waals surface area contributed by atoms with Crippen molar-refractivity contribution < 1.29 is 44.3 Å². The van der Waals surface area contributed by atoms with E-state index in [1.165, 1.54) is 0 Å². The van der Waals surface area contributed by atoms with Crippen molar-refractivity contribution in [2.75, 3.05) is 25.6 Å². The second kappa shape index (κ2) is 20.3. The Morgan fingerprint density at radius 2 is 1.32 bits per heavy atom. The Morgan fingerprint density at radius 1 is 0.684 bits per heavy atom. The number of nitrogens with zero attached hydrogens (tertiary/aromatic N) is 1. The molecule has 2 atom stereocenters. The normalized spacial score (nSPS) is 16.0. The third kappa shape index (κ3) is 10.4. The molecule has 12 nitrogen and oxygen atoms in total. The average molecular weight is 782 g/mol. The first-order chi connectivity index (χ1) is 27.8. The van der Waals surface area contributed by atoms with Gasteiger partial charge in [-0.1, -0.05) is 61.4 Å². The van der Waals surface area contributed by atoms with Crippen LogP contribution in [-0.4, -0.2) is 52.4 Å². The maximum absolute atomic E-state index is 12.7. The largest absolute Gasteiger partial charge is 0.493 e. The summed E-state index contributed by atoms with van der Waals surface area (Å²) in [6.07, 6.45) is 8.33. The van der Waals surface area contributed by atoms with E-state index in [1.807, 2.05) is 61.5 Å². The minimum atomic E-state index is -0.389. The van der Waals surface area contributed by atoms with Gasteiger partial charge in [0.15, 0.2) is 17.6 Å². The Labute approximate surface area is 334 Å². The Hall–Kier alpha value is -5.14. The molecule has 57 heavy (non-hydrogen) atoms. The average Bonchev–Trinajstić information content (AvgIpc) is 3.74. The molecule has 0 saturated heterocycles. The number of aryl methyl sites for hydroxylation is 1. The van der Waals surface area contributed by atoms with Crippen LogP contribution in [-0.2, 0) is 31.3 Å². The summed E-state index contributed by atoms with van der Waals surface area (Å²) in [6.45, 7) is 2.19. The molecule has 4 aromatic carbocycles. The topological polar surface area (TPSA) is 171 Å². The SMILES string of the molecule is COc1ccc(C2=NOC(c3cc(CO)c(CO)c(CO)c3)C2)cc1OCCCCCCCCCCOc1ccc(C2NC(=O)c3cc(C)ccc3N2)cc1CO. The van der Waals surface area contributed by atoms with Crippen molar-refractivity contribution in [1.82, 2.24) is 5.32 Å². The van der Waals surface area contributed by atoms with E-state index in [-0.39, 0.29) is 44.6 Å². The Morgan fingerprint density at radius 3 is 1.96 bits per heavy atom. The third-order valence-corrected chi connectivity index (χ3v) is 10.6. The number of nitrogens with one attached hydrogen (secondary N) is 2. The van der Waals surface area contributed by atoms with Crippen LogP contribution >= 0.6 is 0 Å². The van der Waals surface area contributed by atoms with E-state index in [2.05, 4.69) is 15.8 Å². The molecular weight excluding hydrogens is 727 g/mol. The highest BCUT2D eigenvalue weighted by molar-refractivity contribution is 6.02. The van der Waals surface area contributed by atoms with E-state index in [9.17, 15) is 25.2 Å². The number of ether oxygens (including phenoxy) is 3. The van der Waals surface area contributed by atoms with Crippen LogP contribution in [0.15, 0.2) is 71.9 Å². The second-order valence-electron chi connectivity index (χ2n) is 14.6. The summed E-state index contributed by atoms with van der Waals surface area (Å²) < 4.78 is 17.8. The zero-order chi connectivity index (χ0) is 40.1. The minimum Gasteiger partial charge on any atom is -0.493 e. The van der Waals surface area contributed by atoms with Crippen molar-refractivity contribution >= 4 is 17.3 Å². The first-order valence-electron chi connectivity index (χ1n) is 19.9. The number of amides is 1. The molecule has 6 rings (SSSR count). The zero-order valence-electron chi connectivity index (χ0n) is 32.9. The molecule has 1 amide bonds. The minimum absolute atomic E-state index is 0.123. The van der Waals surface area contributed by atoms with E-state index in [0.717, 1.165) is 85.0 Å². The molecule has 2 aliphatic rings. The number of methoxy groups -OCH3 is 1. The number of unbranched alkanes of at least 4 members (excludes halogenated alkanes) is 7. The highest BCUT2D eigenvalue weighted by Crippen LogP contribution is 2.36. The van der Waals surface area contributed by atoms with Gasteiger partial charge in [0.2, 0.25) is 0 Å². The van der Waals surface area contributed by atoms with Crippen LogP contribution in [0.5, 0.6) is 17.2 Å². The van der Waals surface area contributed by atoms with Gasteiger partial charge in [-0.05, 0) is 102 Å². The fourth-order valence-electron chi connectivity index (χ4n) is 7.40. The number of hydrogen-bond acceptors (Lipinski definition) is 11. The fourth-order valence-corrected chi connectivity index (χ4v) is 7.40. The monoisotopic (exact) mass is 781 g/mol. The molecule has 0 aliphatic carbocycles. The lowest BCUT2D eigenvalue weighted by atomic mass is 9.93. The number of hydrogen-bond donors (Lipinski definition) is 6. The maximum atomic E-state index is 12.7. The second-order valence-corrected chi connectivity index (χ2v) is 14.6. The van der Waals surface area contributed by atoms with E-state index >= 15 is 0 Å². The summed E-state index contributed by atoms with van der Waals surface area (Å²) in [4.78, 5) is 18.5. The van der Waals surface area contributed by atoms with Crippen molar-refractivity contribution in [3.05, 3.63) is 117 Å². The van der Waals surface area contributed by atoms with Gasteiger partial charge in [0.25, 0.3) is 5.91 Å². The number of aliphatic hydroxyl groups is 4. The summed E-state index contributed by atoms with van der Waals surface area (Å²) in [5, 5.41) is 50.1. The fraction of sp³-hybridized carbons (Fsp3) is 0.422. The molecule has 0 radical (unpaired) electrons. The first-order valence-corrected chi connectivity index (χ1v) is 19.9. The molecule has 4 aromatic rings. The molecule has 0 spiro atoms. The third-order valence-electron chi connectivity index (χ3n) is 10.6. The molecule has 304 valence electrons. The number of aliphatic hydroxyl groups excluding tert-OH is 4. The number of oxime groups is 1. The van der Waals surface area contributed by atoms with Crippen molar-refractivity contribution in [1.29, 1.82) is 0 Å². The van der Waals surface area contributed by atoms with Crippen LogP contribution in [0, 0.1) is 6.92 Å². The highest BCUT2D eigenvalue weighted by Gasteiger charge is 2.27. The quantitative estimate of drug-likeness (QED) is 0.0473. The number of rotatable bonds is 21. The molecule has 0 fully saturated rings. The molecule has 12 heteroatoms. The van der Waals surface area contributed by atoms with Crippen molar-refractivity contribution in [2.45, 2.75) is 103 Å². The van der Waals surface area contributed by atoms with Crippen LogP contribution in [0.3, 0.4) is 0 Å². The predicted molar refractivity (Wildman–Crippen MR) is 217 cm³/mol. The Bertz CT molecular complexity index is 1990. The predicted octanol–water partition coefficient (Wildman–Crippen LogP) is 7.27. The van der Waals surface area contributed by atoms with Crippen molar-refractivity contribution in [3.8, 4) is 17.2 Å². The summed E-state index contributed by atoms with van der Waals surface area (Å²) in [7, 11) is 1.62. The van der Waals surface area contributed by atoms with Gasteiger partial charge in [0, 0.05) is 23.2 Å². The van der Waals surface area contributed by atoms with E-state index in [1.54, 1.807) is 19.2 Å². The molecular formula is C45H55N3O9. The van der Waals surface area contributed by atoms with Gasteiger partial charge in [0.05, 0.1) is 58.0 Å². The molecule has 0 bridgehead atoms. The van der Waals surface area contributed by atoms with E-state index < -0.39 is 0 Å². The standard InChI is InChI=1S/C45H55N3O9/c1-29-11-14-38-36(19-29)45(53)47-44(46-38)31-13-15-40(35(20-31)27-51)55-17-9-7-5-3-4-6-8-10-18-56-43-23-30(12-16-41(43)54-2)39-24-42(57-48-39)32-21-33(25-49)37(28-52)34(22-32)26-50/h11-16,19-23,42,44,46,49-52H,3-10,17-18,24-28H2,1-2H3,(H,47,53). The molecule has 2 heterocycles. The van der Waals surface area contributed by atoms with Crippen LogP contribution in [0.2, 0.25) is 0 Å². The van der Waals surface area contributed by atoms with Gasteiger partial charge in [-0.3, -0.25) is 4.79 Å². The van der Waals surface area contributed by atoms with Crippen LogP contribution in [0.25, 0.3) is 0 Å². The van der Waals surface area contributed by atoms with Crippen molar-refractivity contribution in [3.63, 3.8) is 0 Å². The van der Waals surface area contributed by atoms with Gasteiger partial charge in [0.1, 0.15) is 11.9 Å². The number of carbonyl (C=O) groups excluding carboxylic acids is 1.